The molecule has 0 fully saturated rings. The largest absolute Gasteiger partial charge is 0.383 e. The minimum absolute atomic E-state index is 0.0194. The van der Waals surface area contributed by atoms with Crippen molar-refractivity contribution >= 4 is 17.5 Å². The summed E-state index contributed by atoms with van der Waals surface area (Å²) in [6.07, 6.45) is 1.18. The Hall–Kier alpha value is -3.55. The van der Waals surface area contributed by atoms with Crippen LogP contribution in [0.25, 0.3) is 11.1 Å². The maximum atomic E-state index is 13.6. The van der Waals surface area contributed by atoms with Crippen molar-refractivity contribution in [3.8, 4) is 11.1 Å². The molecule has 0 aliphatic heterocycles. The zero-order valence-electron chi connectivity index (χ0n) is 13.7. The molecule has 0 aliphatic rings. The summed E-state index contributed by atoms with van der Waals surface area (Å²) in [5.41, 5.74) is 13.5. The van der Waals surface area contributed by atoms with Gasteiger partial charge in [-0.3, -0.25) is 10.1 Å². The number of aromatic nitrogens is 2. The average molecular weight is 353 g/mol. The van der Waals surface area contributed by atoms with Gasteiger partial charge < -0.3 is 11.5 Å². The fourth-order valence-electron chi connectivity index (χ4n) is 2.76. The second kappa shape index (κ2) is 7.14. The van der Waals surface area contributed by atoms with E-state index in [2.05, 4.69) is 9.97 Å². The molecule has 4 N–H and O–H groups in total. The molecule has 1 aromatic heterocycles. The average Bonchev–Trinajstić information content (AvgIpc) is 2.61. The number of nitrogen functional groups attached to an aromatic ring is 2. The first kappa shape index (κ1) is 17.3. The molecule has 0 amide bonds. The highest BCUT2D eigenvalue weighted by Crippen LogP contribution is 2.32. The first-order valence-corrected chi connectivity index (χ1v) is 7.86. The lowest BCUT2D eigenvalue weighted by molar-refractivity contribution is -0.387. The van der Waals surface area contributed by atoms with E-state index in [0.29, 0.717) is 29.7 Å². The van der Waals surface area contributed by atoms with Crippen LogP contribution in [0.5, 0.6) is 0 Å². The topological polar surface area (TPSA) is 121 Å². The fourth-order valence-corrected chi connectivity index (χ4v) is 2.76. The number of anilines is 2. The van der Waals surface area contributed by atoms with Gasteiger partial charge >= 0.3 is 5.69 Å². The summed E-state index contributed by atoms with van der Waals surface area (Å²) in [6, 6.07) is 13.3. The lowest BCUT2D eigenvalue weighted by atomic mass is 9.99. The minimum atomic E-state index is -0.917. The molecule has 0 unspecified atom stereocenters. The molecular weight excluding hydrogens is 337 g/mol. The second-order valence-corrected chi connectivity index (χ2v) is 5.70. The summed E-state index contributed by atoms with van der Waals surface area (Å²) in [6.45, 7) is 0. The Balaban J connectivity index is 2.04. The summed E-state index contributed by atoms with van der Waals surface area (Å²) in [4.78, 5) is 18.4. The van der Waals surface area contributed by atoms with E-state index >= 15 is 0 Å². The molecule has 2 aromatic carbocycles. The monoisotopic (exact) mass is 353 g/mol. The van der Waals surface area contributed by atoms with Crippen LogP contribution in [0.4, 0.5) is 21.8 Å². The number of hydrogen-bond acceptors (Lipinski definition) is 6. The summed E-state index contributed by atoms with van der Waals surface area (Å²) in [5.74, 6) is -0.799. The molecule has 0 atom stereocenters. The highest BCUT2D eigenvalue weighted by atomic mass is 19.1. The standard InChI is InChI=1S/C18H16FN5O2/c19-13-8-7-12(10-15(13)24(25)26)16-14(22-18(21)23-17(16)20)9-6-11-4-2-1-3-5-11/h1-5,7-8,10H,6,9H2,(H4,20,21,22,23). The van der Waals surface area contributed by atoms with Gasteiger partial charge in [-0.25, -0.2) is 4.98 Å². The quantitative estimate of drug-likeness (QED) is 0.537. The molecule has 0 saturated heterocycles. The summed E-state index contributed by atoms with van der Waals surface area (Å²) in [5, 5.41) is 11.0. The van der Waals surface area contributed by atoms with Crippen LogP contribution in [0.2, 0.25) is 0 Å². The zero-order valence-corrected chi connectivity index (χ0v) is 13.7. The van der Waals surface area contributed by atoms with Crippen LogP contribution in [-0.2, 0) is 12.8 Å². The van der Waals surface area contributed by atoms with Crippen LogP contribution in [-0.4, -0.2) is 14.9 Å². The lowest BCUT2D eigenvalue weighted by Gasteiger charge is -2.12. The van der Waals surface area contributed by atoms with Gasteiger partial charge in [0.2, 0.25) is 11.8 Å². The van der Waals surface area contributed by atoms with Crippen molar-refractivity contribution in [3.63, 3.8) is 0 Å². The maximum absolute atomic E-state index is 13.6. The second-order valence-electron chi connectivity index (χ2n) is 5.70. The molecule has 8 heteroatoms. The van der Waals surface area contributed by atoms with Crippen LogP contribution in [0.15, 0.2) is 48.5 Å². The summed E-state index contributed by atoms with van der Waals surface area (Å²) >= 11 is 0. The SMILES string of the molecule is Nc1nc(N)c(-c2ccc(F)c([N+](=O)[O-])c2)c(CCc2ccccc2)n1. The third-order valence-electron chi connectivity index (χ3n) is 3.95. The van der Waals surface area contributed by atoms with Crippen LogP contribution in [0, 0.1) is 15.9 Å². The van der Waals surface area contributed by atoms with Crippen LogP contribution in [0.3, 0.4) is 0 Å². The Morgan fingerprint density at radius 3 is 2.46 bits per heavy atom. The van der Waals surface area contributed by atoms with Gasteiger partial charge in [-0.1, -0.05) is 36.4 Å². The molecule has 0 spiro atoms. The predicted octanol–water partition coefficient (Wildman–Crippen LogP) is 3.14. The Morgan fingerprint density at radius 1 is 1.04 bits per heavy atom. The molecule has 132 valence electrons. The molecule has 26 heavy (non-hydrogen) atoms. The van der Waals surface area contributed by atoms with Crippen LogP contribution >= 0.6 is 0 Å². The first-order valence-electron chi connectivity index (χ1n) is 7.86. The van der Waals surface area contributed by atoms with Gasteiger partial charge in [0, 0.05) is 11.6 Å². The summed E-state index contributed by atoms with van der Waals surface area (Å²) in [7, 11) is 0. The molecule has 1 heterocycles. The third-order valence-corrected chi connectivity index (χ3v) is 3.95. The van der Waals surface area contributed by atoms with Crippen LogP contribution < -0.4 is 11.5 Å². The number of aryl methyl sites for hydroxylation is 2. The van der Waals surface area contributed by atoms with E-state index in [1.807, 2.05) is 30.3 Å². The molecule has 3 aromatic rings. The van der Waals surface area contributed by atoms with Crippen molar-refractivity contribution in [2.24, 2.45) is 0 Å². The number of halogens is 1. The molecule has 0 saturated carbocycles. The van der Waals surface area contributed by atoms with E-state index in [0.717, 1.165) is 17.7 Å². The number of rotatable bonds is 5. The van der Waals surface area contributed by atoms with Crippen LogP contribution in [0.1, 0.15) is 11.3 Å². The van der Waals surface area contributed by atoms with E-state index in [-0.39, 0.29) is 11.8 Å². The number of nitrogens with two attached hydrogens (primary N) is 2. The summed E-state index contributed by atoms with van der Waals surface area (Å²) < 4.78 is 13.6. The zero-order chi connectivity index (χ0) is 18.7. The lowest BCUT2D eigenvalue weighted by Crippen LogP contribution is -2.08. The van der Waals surface area contributed by atoms with E-state index in [4.69, 9.17) is 11.5 Å². The fraction of sp³-hybridized carbons (Fsp3) is 0.111. The Kier molecular flexibility index (Phi) is 4.74. The van der Waals surface area contributed by atoms with Gasteiger partial charge in [0.1, 0.15) is 5.82 Å². The van der Waals surface area contributed by atoms with Gasteiger partial charge in [0.05, 0.1) is 10.6 Å². The normalized spacial score (nSPS) is 10.7. The van der Waals surface area contributed by atoms with Gasteiger partial charge in [0.15, 0.2) is 0 Å². The van der Waals surface area contributed by atoms with Gasteiger partial charge in [0.25, 0.3) is 0 Å². The van der Waals surface area contributed by atoms with Gasteiger partial charge in [-0.15, -0.1) is 0 Å². The third kappa shape index (κ3) is 3.59. The Bertz CT molecular complexity index is 963. The molecule has 3 rings (SSSR count). The van der Waals surface area contributed by atoms with Crippen molar-refractivity contribution in [1.82, 2.24) is 9.97 Å². The van der Waals surface area contributed by atoms with E-state index in [9.17, 15) is 14.5 Å². The minimum Gasteiger partial charge on any atom is -0.383 e. The van der Waals surface area contributed by atoms with E-state index in [1.165, 1.54) is 6.07 Å². The molecule has 0 radical (unpaired) electrons. The van der Waals surface area contributed by atoms with Crippen molar-refractivity contribution < 1.29 is 9.31 Å². The van der Waals surface area contributed by atoms with Gasteiger partial charge in [-0.2, -0.15) is 9.37 Å². The Morgan fingerprint density at radius 2 is 1.77 bits per heavy atom. The number of hydrogen-bond donors (Lipinski definition) is 2. The highest BCUT2D eigenvalue weighted by Gasteiger charge is 2.19. The van der Waals surface area contributed by atoms with Crippen molar-refractivity contribution in [2.45, 2.75) is 12.8 Å². The highest BCUT2D eigenvalue weighted by molar-refractivity contribution is 5.78. The first-order chi connectivity index (χ1) is 12.5. The number of nitro groups is 1. The van der Waals surface area contributed by atoms with Crippen molar-refractivity contribution in [1.29, 1.82) is 0 Å². The number of benzene rings is 2. The molecule has 0 aliphatic carbocycles. The van der Waals surface area contributed by atoms with Crippen molar-refractivity contribution in [3.05, 3.63) is 75.7 Å². The molecule has 0 bridgehead atoms. The molecular formula is C18H16FN5O2. The smallest absolute Gasteiger partial charge is 0.305 e. The van der Waals surface area contributed by atoms with Crippen molar-refractivity contribution in [2.75, 3.05) is 11.5 Å². The maximum Gasteiger partial charge on any atom is 0.305 e. The van der Waals surface area contributed by atoms with E-state index < -0.39 is 16.4 Å². The number of nitrogens with zero attached hydrogens (tertiary/aromatic N) is 3. The van der Waals surface area contributed by atoms with Gasteiger partial charge in [-0.05, 0) is 30.0 Å². The Labute approximate surface area is 148 Å². The molecule has 7 nitrogen and oxygen atoms in total. The van der Waals surface area contributed by atoms with E-state index in [1.54, 1.807) is 0 Å². The predicted molar refractivity (Wildman–Crippen MR) is 96.8 cm³/mol. The number of nitro benzene ring substituents is 1.